The summed E-state index contributed by atoms with van der Waals surface area (Å²) in [6.07, 6.45) is 4.15. The van der Waals surface area contributed by atoms with Crippen molar-refractivity contribution in [2.75, 3.05) is 13.1 Å². The number of alkyl carbamates (subject to hydrolysis) is 1. The van der Waals surface area contributed by atoms with Crippen LogP contribution in [-0.4, -0.2) is 46.6 Å². The highest BCUT2D eigenvalue weighted by atomic mass is 16.6. The first-order chi connectivity index (χ1) is 16.8. The first-order valence-corrected chi connectivity index (χ1v) is 12.4. The normalized spacial score (nSPS) is 16.7. The Hall–Kier alpha value is -3.55. The second-order valence-corrected chi connectivity index (χ2v) is 11.4. The van der Waals surface area contributed by atoms with Crippen LogP contribution in [0.25, 0.3) is 22.1 Å². The van der Waals surface area contributed by atoms with Crippen LogP contribution >= 0.6 is 0 Å². The number of fused-ring (bicyclic) bond motifs is 1. The molecule has 2 N–H and O–H groups in total. The van der Waals surface area contributed by atoms with Crippen molar-refractivity contribution in [2.45, 2.75) is 71.4 Å². The van der Waals surface area contributed by atoms with Gasteiger partial charge in [-0.15, -0.1) is 0 Å². The quantitative estimate of drug-likeness (QED) is 0.521. The number of likely N-dealkylation sites (tertiary alicyclic amines) is 1. The highest BCUT2D eigenvalue weighted by molar-refractivity contribution is 6.07. The van der Waals surface area contributed by atoms with Gasteiger partial charge in [-0.25, -0.2) is 4.79 Å². The average Bonchev–Trinajstić information content (AvgIpc) is 3.20. The number of H-pyrrole nitrogens is 1. The minimum Gasteiger partial charge on any atom is -0.463 e. The predicted molar refractivity (Wildman–Crippen MR) is 139 cm³/mol. The van der Waals surface area contributed by atoms with E-state index in [1.165, 1.54) is 6.26 Å². The van der Waals surface area contributed by atoms with E-state index in [1.807, 2.05) is 32.9 Å². The van der Waals surface area contributed by atoms with E-state index < -0.39 is 11.7 Å². The molecule has 1 unspecified atom stereocenters. The van der Waals surface area contributed by atoms with E-state index >= 15 is 0 Å². The molecule has 2 amide bonds. The van der Waals surface area contributed by atoms with Gasteiger partial charge in [-0.2, -0.15) is 0 Å². The molecule has 1 aliphatic rings. The summed E-state index contributed by atoms with van der Waals surface area (Å²) in [6.45, 7) is 12.6. The van der Waals surface area contributed by atoms with Gasteiger partial charge in [0.25, 0.3) is 11.5 Å². The molecule has 1 saturated heterocycles. The molecule has 36 heavy (non-hydrogen) atoms. The molecule has 0 aliphatic carbocycles. The smallest absolute Gasteiger partial charge is 0.407 e. The molecule has 4 rings (SSSR count). The number of aromatic nitrogens is 1. The molecule has 0 saturated carbocycles. The fourth-order valence-corrected chi connectivity index (χ4v) is 4.59. The Morgan fingerprint density at radius 2 is 1.92 bits per heavy atom. The Balaban J connectivity index is 1.67. The van der Waals surface area contributed by atoms with E-state index in [0.29, 0.717) is 35.2 Å². The minimum atomic E-state index is -0.590. The molecule has 2 aromatic heterocycles. The number of hydrogen-bond acceptors (Lipinski definition) is 5. The summed E-state index contributed by atoms with van der Waals surface area (Å²) in [5.74, 6) is -0.164. The van der Waals surface area contributed by atoms with Gasteiger partial charge in [-0.1, -0.05) is 20.8 Å². The van der Waals surface area contributed by atoms with Crippen molar-refractivity contribution in [3.05, 3.63) is 58.2 Å². The number of benzene rings is 1. The van der Waals surface area contributed by atoms with Gasteiger partial charge < -0.3 is 24.4 Å². The fraction of sp³-hybridized carbons (Fsp3) is 0.464. The zero-order valence-electron chi connectivity index (χ0n) is 21.9. The van der Waals surface area contributed by atoms with Gasteiger partial charge in [0.15, 0.2) is 0 Å². The van der Waals surface area contributed by atoms with Crippen LogP contribution in [0.1, 0.15) is 70.3 Å². The van der Waals surface area contributed by atoms with E-state index in [1.54, 1.807) is 23.2 Å². The lowest BCUT2D eigenvalue weighted by Gasteiger charge is -2.33. The molecule has 192 valence electrons. The van der Waals surface area contributed by atoms with Gasteiger partial charge in [0, 0.05) is 41.8 Å². The van der Waals surface area contributed by atoms with Crippen molar-refractivity contribution in [1.29, 1.82) is 0 Å². The number of aromatic amines is 1. The Morgan fingerprint density at radius 3 is 2.58 bits per heavy atom. The molecular formula is C28H35N3O5. The number of ether oxygens (including phenoxy) is 1. The van der Waals surface area contributed by atoms with Crippen molar-refractivity contribution in [2.24, 2.45) is 0 Å². The third-order valence-corrected chi connectivity index (χ3v) is 6.27. The molecule has 0 spiro atoms. The maximum Gasteiger partial charge on any atom is 0.407 e. The SMILES string of the molecule is CC(C)(C)OC(=O)NC1CCCN(C(=O)c2coc3c(C(C)(C)C)cc(-c4ccc[nH]c4=O)cc23)C1. The third-order valence-electron chi connectivity index (χ3n) is 6.27. The van der Waals surface area contributed by atoms with E-state index in [-0.39, 0.29) is 22.9 Å². The lowest BCUT2D eigenvalue weighted by Crippen LogP contribution is -2.50. The lowest BCUT2D eigenvalue weighted by atomic mass is 9.84. The highest BCUT2D eigenvalue weighted by Crippen LogP contribution is 2.37. The number of carbonyl (C=O) groups excluding carboxylic acids is 2. The van der Waals surface area contributed by atoms with Crippen LogP contribution in [0.3, 0.4) is 0 Å². The molecule has 3 heterocycles. The molecule has 1 aliphatic heterocycles. The fourth-order valence-electron chi connectivity index (χ4n) is 4.59. The minimum absolute atomic E-state index is 0.164. The van der Waals surface area contributed by atoms with E-state index in [9.17, 15) is 14.4 Å². The maximum absolute atomic E-state index is 13.7. The number of nitrogens with one attached hydrogen (secondary N) is 2. The van der Waals surface area contributed by atoms with Gasteiger partial charge in [0.2, 0.25) is 0 Å². The summed E-state index contributed by atoms with van der Waals surface area (Å²) in [6, 6.07) is 7.17. The largest absolute Gasteiger partial charge is 0.463 e. The number of carbonyl (C=O) groups is 2. The Morgan fingerprint density at radius 1 is 1.17 bits per heavy atom. The summed E-state index contributed by atoms with van der Waals surface area (Å²) in [4.78, 5) is 42.9. The van der Waals surface area contributed by atoms with Crippen molar-refractivity contribution in [1.82, 2.24) is 15.2 Å². The Bertz CT molecular complexity index is 1340. The summed E-state index contributed by atoms with van der Waals surface area (Å²) >= 11 is 0. The summed E-state index contributed by atoms with van der Waals surface area (Å²) in [5, 5.41) is 3.57. The number of nitrogens with zero attached hydrogens (tertiary/aromatic N) is 1. The molecule has 1 aromatic carbocycles. The highest BCUT2D eigenvalue weighted by Gasteiger charge is 2.30. The monoisotopic (exact) mass is 493 g/mol. The zero-order chi connectivity index (χ0) is 26.3. The second-order valence-electron chi connectivity index (χ2n) is 11.4. The second kappa shape index (κ2) is 9.48. The van der Waals surface area contributed by atoms with Crippen LogP contribution in [0, 0.1) is 0 Å². The average molecular weight is 494 g/mol. The van der Waals surface area contributed by atoms with Crippen LogP contribution in [0.2, 0.25) is 0 Å². The van der Waals surface area contributed by atoms with E-state index in [0.717, 1.165) is 24.0 Å². The number of furan rings is 1. The molecule has 8 heteroatoms. The number of amides is 2. The summed E-state index contributed by atoms with van der Waals surface area (Å²) in [7, 11) is 0. The van der Waals surface area contributed by atoms with Gasteiger partial charge in [0.05, 0.1) is 5.56 Å². The van der Waals surface area contributed by atoms with Gasteiger partial charge in [0.1, 0.15) is 17.4 Å². The molecule has 1 fully saturated rings. The van der Waals surface area contributed by atoms with Gasteiger partial charge >= 0.3 is 6.09 Å². The topological polar surface area (TPSA) is 105 Å². The molecule has 0 bridgehead atoms. The number of piperidine rings is 1. The summed E-state index contributed by atoms with van der Waals surface area (Å²) in [5.41, 5.74) is 2.21. The van der Waals surface area contributed by atoms with Crippen molar-refractivity contribution in [3.8, 4) is 11.1 Å². The van der Waals surface area contributed by atoms with Crippen LogP contribution in [0.15, 0.2) is 45.9 Å². The Kier molecular flexibility index (Phi) is 6.73. The van der Waals surface area contributed by atoms with Crippen molar-refractivity contribution >= 4 is 23.0 Å². The van der Waals surface area contributed by atoms with Crippen LogP contribution in [0.5, 0.6) is 0 Å². The number of rotatable bonds is 3. The summed E-state index contributed by atoms with van der Waals surface area (Å²) < 4.78 is 11.3. The first-order valence-electron chi connectivity index (χ1n) is 12.4. The van der Waals surface area contributed by atoms with Crippen LogP contribution in [-0.2, 0) is 10.2 Å². The standard InChI is InChI=1S/C28H35N3O5/c1-27(2,3)22-14-17(19-10-7-11-29-24(19)32)13-20-21(16-35-23(20)22)25(33)31-12-8-9-18(15-31)30-26(34)36-28(4,5)6/h7,10-11,13-14,16,18H,8-9,12,15H2,1-6H3,(H,29,32)(H,30,34). The maximum atomic E-state index is 13.7. The van der Waals surface area contributed by atoms with E-state index in [2.05, 4.69) is 31.1 Å². The lowest BCUT2D eigenvalue weighted by molar-refractivity contribution is 0.0452. The van der Waals surface area contributed by atoms with Crippen LogP contribution in [0.4, 0.5) is 4.79 Å². The molecular weight excluding hydrogens is 458 g/mol. The predicted octanol–water partition coefficient (Wildman–Crippen LogP) is 5.21. The zero-order valence-corrected chi connectivity index (χ0v) is 21.9. The van der Waals surface area contributed by atoms with Crippen LogP contribution < -0.4 is 10.9 Å². The molecule has 3 aromatic rings. The molecule has 1 atom stereocenters. The molecule has 8 nitrogen and oxygen atoms in total. The Labute approximate surface area is 211 Å². The number of hydrogen-bond donors (Lipinski definition) is 2. The molecule has 0 radical (unpaired) electrons. The third kappa shape index (κ3) is 5.48. The van der Waals surface area contributed by atoms with Crippen molar-refractivity contribution in [3.63, 3.8) is 0 Å². The van der Waals surface area contributed by atoms with Gasteiger partial charge in [-0.05, 0) is 68.9 Å². The van der Waals surface area contributed by atoms with Crippen molar-refractivity contribution < 1.29 is 18.7 Å². The van der Waals surface area contributed by atoms with Gasteiger partial charge in [-0.3, -0.25) is 9.59 Å². The first kappa shape index (κ1) is 25.5. The van der Waals surface area contributed by atoms with E-state index in [4.69, 9.17) is 9.15 Å². The number of pyridine rings is 1.